The van der Waals surface area contributed by atoms with E-state index in [-0.39, 0.29) is 0 Å². The molecule has 27 heavy (non-hydrogen) atoms. The van der Waals surface area contributed by atoms with E-state index < -0.39 is 29.5 Å². The van der Waals surface area contributed by atoms with Crippen LogP contribution in [-0.2, 0) is 9.59 Å². The number of aryl methyl sites for hydroxylation is 1. The minimum absolute atomic E-state index is 0.392. The fourth-order valence-electron chi connectivity index (χ4n) is 3.46. The second-order valence-corrected chi connectivity index (χ2v) is 8.36. The summed E-state index contributed by atoms with van der Waals surface area (Å²) in [4.78, 5) is 37.5. The lowest BCUT2D eigenvalue weighted by molar-refractivity contribution is -0.142. The van der Waals surface area contributed by atoms with E-state index in [1.54, 1.807) is 13.0 Å². The maximum atomic E-state index is 12.8. The molecule has 1 spiro atoms. The fourth-order valence-corrected chi connectivity index (χ4v) is 4.05. The van der Waals surface area contributed by atoms with Crippen molar-refractivity contribution in [3.05, 3.63) is 28.2 Å². The summed E-state index contributed by atoms with van der Waals surface area (Å²) in [5, 5.41) is 3.57. The van der Waals surface area contributed by atoms with Crippen LogP contribution in [-0.4, -0.2) is 34.5 Å². The molecule has 1 unspecified atom stereocenters. The number of hydrogen-bond acceptors (Lipinski definition) is 4. The van der Waals surface area contributed by atoms with Gasteiger partial charge in [0, 0.05) is 0 Å². The van der Waals surface area contributed by atoms with E-state index >= 15 is 0 Å². The first kappa shape index (κ1) is 19.7. The molecule has 1 heterocycles. The predicted octanol–water partition coefficient (Wildman–Crippen LogP) is 3.06. The lowest BCUT2D eigenvalue weighted by atomic mass is 9.77. The third-order valence-electron chi connectivity index (χ3n) is 5.27. The van der Waals surface area contributed by atoms with Crippen molar-refractivity contribution in [2.45, 2.75) is 58.1 Å². The van der Waals surface area contributed by atoms with Gasteiger partial charge in [-0.2, -0.15) is 5.01 Å². The zero-order valence-corrected chi connectivity index (χ0v) is 17.3. The normalized spacial score (nSPS) is 26.1. The van der Waals surface area contributed by atoms with Gasteiger partial charge in [0.05, 0.1) is 4.47 Å². The summed E-state index contributed by atoms with van der Waals surface area (Å²) < 4.78 is 6.39. The number of carbonyl (C=O) groups is 3. The highest BCUT2D eigenvalue weighted by molar-refractivity contribution is 9.10. The van der Waals surface area contributed by atoms with Gasteiger partial charge in [-0.25, -0.2) is 4.79 Å². The zero-order valence-electron chi connectivity index (χ0n) is 15.7. The first-order valence-electron chi connectivity index (χ1n) is 9.12. The Morgan fingerprint density at radius 2 is 2.04 bits per heavy atom. The number of carbonyl (C=O) groups excluding carboxylic acids is 3. The highest BCUT2D eigenvalue weighted by atomic mass is 79.9. The second-order valence-electron chi connectivity index (χ2n) is 7.51. The summed E-state index contributed by atoms with van der Waals surface area (Å²) in [5.41, 5.74) is 2.57. The smallest absolute Gasteiger partial charge is 0.344 e. The molecule has 1 aliphatic carbocycles. The Bertz CT molecular complexity index is 774. The number of hydrogen-bond donors (Lipinski definition) is 2. The number of ether oxygens (including phenoxy) is 1. The van der Waals surface area contributed by atoms with Gasteiger partial charge in [-0.3, -0.25) is 15.0 Å². The Labute approximate surface area is 166 Å². The summed E-state index contributed by atoms with van der Waals surface area (Å²) in [5.74, 6) is 0.0900. The number of benzene rings is 1. The van der Waals surface area contributed by atoms with Crippen molar-refractivity contribution in [3.8, 4) is 5.75 Å². The van der Waals surface area contributed by atoms with Gasteiger partial charge < -0.3 is 10.1 Å². The van der Waals surface area contributed by atoms with Gasteiger partial charge in [0.2, 0.25) is 0 Å². The summed E-state index contributed by atoms with van der Waals surface area (Å²) in [7, 11) is 0. The lowest BCUT2D eigenvalue weighted by Gasteiger charge is -2.33. The molecule has 1 saturated carbocycles. The molecule has 3 rings (SSSR count). The van der Waals surface area contributed by atoms with Gasteiger partial charge >= 0.3 is 6.03 Å². The molecule has 1 aromatic rings. The summed E-state index contributed by atoms with van der Waals surface area (Å²) in [6, 6.07) is 4.92. The fraction of sp³-hybridized carbons (Fsp3) is 0.526. The first-order valence-corrected chi connectivity index (χ1v) is 9.91. The maximum Gasteiger partial charge on any atom is 0.344 e. The van der Waals surface area contributed by atoms with Crippen molar-refractivity contribution in [2.75, 3.05) is 0 Å². The van der Waals surface area contributed by atoms with Crippen LogP contribution in [0.2, 0.25) is 0 Å². The molecular weight excluding hydrogens is 414 g/mol. The molecule has 8 heteroatoms. The number of halogens is 1. The van der Waals surface area contributed by atoms with Crippen molar-refractivity contribution >= 4 is 33.8 Å². The van der Waals surface area contributed by atoms with Crippen LogP contribution in [0.3, 0.4) is 0 Å². The quantitative estimate of drug-likeness (QED) is 0.708. The monoisotopic (exact) mass is 437 g/mol. The molecule has 146 valence electrons. The average Bonchev–Trinajstić information content (AvgIpc) is 2.84. The highest BCUT2D eigenvalue weighted by Gasteiger charge is 2.53. The molecular formula is C19H24BrN3O4. The molecule has 2 fully saturated rings. The van der Waals surface area contributed by atoms with Crippen LogP contribution in [0.5, 0.6) is 5.75 Å². The Kier molecular flexibility index (Phi) is 5.46. The van der Waals surface area contributed by atoms with E-state index in [1.807, 2.05) is 19.1 Å². The van der Waals surface area contributed by atoms with Gasteiger partial charge in [0.25, 0.3) is 11.8 Å². The molecule has 0 aromatic heterocycles. The van der Waals surface area contributed by atoms with E-state index in [2.05, 4.69) is 33.6 Å². The molecule has 1 aromatic carbocycles. The number of hydrazine groups is 1. The molecule has 0 bridgehead atoms. The number of nitrogens with one attached hydrogen (secondary N) is 2. The van der Waals surface area contributed by atoms with E-state index in [1.165, 1.54) is 0 Å². The molecule has 2 aliphatic rings. The van der Waals surface area contributed by atoms with Crippen LogP contribution in [0, 0.1) is 12.8 Å². The molecule has 7 nitrogen and oxygen atoms in total. The third-order valence-corrected chi connectivity index (χ3v) is 5.89. The van der Waals surface area contributed by atoms with Crippen LogP contribution in [0.4, 0.5) is 4.79 Å². The zero-order chi connectivity index (χ0) is 19.8. The molecule has 2 N–H and O–H groups in total. The Hall–Kier alpha value is -2.09. The number of nitrogens with zero attached hydrogens (tertiary/aromatic N) is 1. The topological polar surface area (TPSA) is 87.7 Å². The molecule has 1 saturated heterocycles. The SMILES string of the molecule is Cc1ccc(OC(C)C(=O)NN2C(=O)NC3(CCC(C)CC3)C2=O)c(Br)c1. The number of amides is 4. The Morgan fingerprint density at radius 1 is 1.37 bits per heavy atom. The second kappa shape index (κ2) is 7.50. The summed E-state index contributed by atoms with van der Waals surface area (Å²) in [6.45, 7) is 5.65. The summed E-state index contributed by atoms with van der Waals surface area (Å²) in [6.07, 6.45) is 2.04. The van der Waals surface area contributed by atoms with Gasteiger partial charge in [-0.15, -0.1) is 0 Å². The molecule has 0 radical (unpaired) electrons. The van der Waals surface area contributed by atoms with Gasteiger partial charge in [0.1, 0.15) is 11.3 Å². The minimum atomic E-state index is -0.888. The van der Waals surface area contributed by atoms with E-state index in [0.717, 1.165) is 27.9 Å². The van der Waals surface area contributed by atoms with Crippen LogP contribution in [0.1, 0.15) is 45.1 Å². The van der Waals surface area contributed by atoms with Crippen LogP contribution in [0.15, 0.2) is 22.7 Å². The number of imide groups is 1. The largest absolute Gasteiger partial charge is 0.480 e. The molecule has 1 aliphatic heterocycles. The lowest BCUT2D eigenvalue weighted by Crippen LogP contribution is -2.53. The van der Waals surface area contributed by atoms with Crippen molar-refractivity contribution < 1.29 is 19.1 Å². The van der Waals surface area contributed by atoms with Gasteiger partial charge in [-0.1, -0.05) is 13.0 Å². The molecule has 4 amide bonds. The third kappa shape index (κ3) is 3.95. The van der Waals surface area contributed by atoms with E-state index in [4.69, 9.17) is 4.74 Å². The van der Waals surface area contributed by atoms with Crippen LogP contribution in [0.25, 0.3) is 0 Å². The van der Waals surface area contributed by atoms with Crippen molar-refractivity contribution in [2.24, 2.45) is 5.92 Å². The van der Waals surface area contributed by atoms with Crippen molar-refractivity contribution in [3.63, 3.8) is 0 Å². The minimum Gasteiger partial charge on any atom is -0.480 e. The van der Waals surface area contributed by atoms with Gasteiger partial charge in [-0.05, 0) is 79.1 Å². The average molecular weight is 438 g/mol. The molecule has 1 atom stereocenters. The van der Waals surface area contributed by atoms with Crippen molar-refractivity contribution in [1.82, 2.24) is 15.8 Å². The summed E-state index contributed by atoms with van der Waals surface area (Å²) >= 11 is 3.40. The Balaban J connectivity index is 1.64. The van der Waals surface area contributed by atoms with E-state index in [9.17, 15) is 14.4 Å². The van der Waals surface area contributed by atoms with Crippen LogP contribution < -0.4 is 15.5 Å². The van der Waals surface area contributed by atoms with Gasteiger partial charge in [0.15, 0.2) is 6.10 Å². The highest BCUT2D eigenvalue weighted by Crippen LogP contribution is 2.35. The number of rotatable bonds is 4. The van der Waals surface area contributed by atoms with Crippen LogP contribution >= 0.6 is 15.9 Å². The first-order chi connectivity index (χ1) is 12.7. The maximum absolute atomic E-state index is 12.8. The van der Waals surface area contributed by atoms with E-state index in [0.29, 0.717) is 24.5 Å². The van der Waals surface area contributed by atoms with Crippen molar-refractivity contribution in [1.29, 1.82) is 0 Å². The standard InChI is InChI=1S/C19H24BrN3O4/c1-11-6-8-19(9-7-11)17(25)23(18(26)21-19)22-16(24)13(3)27-15-5-4-12(2)10-14(15)20/h4-5,10-11,13H,6-9H2,1-3H3,(H,21,26)(H,22,24). The Morgan fingerprint density at radius 3 is 2.67 bits per heavy atom. The predicted molar refractivity (Wildman–Crippen MR) is 103 cm³/mol. The number of urea groups is 1.